The van der Waals surface area contributed by atoms with Crippen LogP contribution in [0.5, 0.6) is 0 Å². The first-order valence-electron chi connectivity index (χ1n) is 7.60. The number of imidazole rings is 1. The summed E-state index contributed by atoms with van der Waals surface area (Å²) in [5.41, 5.74) is 2.11. The van der Waals surface area contributed by atoms with Crippen molar-refractivity contribution in [2.24, 2.45) is 0 Å². The molecule has 1 aliphatic heterocycles. The van der Waals surface area contributed by atoms with Crippen molar-refractivity contribution in [2.45, 2.75) is 38.8 Å². The molecule has 5 heteroatoms. The van der Waals surface area contributed by atoms with E-state index in [-0.39, 0.29) is 0 Å². The van der Waals surface area contributed by atoms with Gasteiger partial charge in [0.15, 0.2) is 0 Å². The van der Waals surface area contributed by atoms with Crippen LogP contribution in [0.15, 0.2) is 18.2 Å². The van der Waals surface area contributed by atoms with Crippen LogP contribution in [0, 0.1) is 0 Å². The maximum Gasteiger partial charge on any atom is 0.117 e. The minimum Gasteiger partial charge on any atom is -0.379 e. The molecule has 0 amide bonds. The third-order valence-electron chi connectivity index (χ3n) is 4.07. The SMILES string of the molecule is CCNC1COCC1c1nc2cc(Cl)ccc2n1C(C)C. The van der Waals surface area contributed by atoms with Crippen molar-refractivity contribution in [2.75, 3.05) is 19.8 Å². The predicted octanol–water partition coefficient (Wildman–Crippen LogP) is 3.36. The zero-order chi connectivity index (χ0) is 15.0. The summed E-state index contributed by atoms with van der Waals surface area (Å²) in [6.45, 7) is 8.93. The maximum absolute atomic E-state index is 6.11. The smallest absolute Gasteiger partial charge is 0.117 e. The second kappa shape index (κ2) is 5.95. The first-order valence-corrected chi connectivity index (χ1v) is 7.98. The number of likely N-dealkylation sites (N-methyl/N-ethyl adjacent to an activating group) is 1. The summed E-state index contributed by atoms with van der Waals surface area (Å²) in [5.74, 6) is 1.39. The minimum absolute atomic E-state index is 0.290. The molecule has 1 aliphatic rings. The third kappa shape index (κ3) is 2.68. The molecule has 2 heterocycles. The number of hydrogen-bond donors (Lipinski definition) is 1. The van der Waals surface area contributed by atoms with Crippen molar-refractivity contribution >= 4 is 22.6 Å². The highest BCUT2D eigenvalue weighted by molar-refractivity contribution is 6.31. The second-order valence-corrected chi connectivity index (χ2v) is 6.31. The van der Waals surface area contributed by atoms with Gasteiger partial charge in [-0.1, -0.05) is 18.5 Å². The van der Waals surface area contributed by atoms with Gasteiger partial charge in [0.05, 0.1) is 30.2 Å². The van der Waals surface area contributed by atoms with Crippen LogP contribution in [0.3, 0.4) is 0 Å². The van der Waals surface area contributed by atoms with Gasteiger partial charge in [0, 0.05) is 17.1 Å². The first kappa shape index (κ1) is 14.8. The summed E-state index contributed by atoms with van der Waals surface area (Å²) in [6.07, 6.45) is 0. The molecule has 1 saturated heterocycles. The number of fused-ring (bicyclic) bond motifs is 1. The molecule has 3 rings (SSSR count). The largest absolute Gasteiger partial charge is 0.379 e. The lowest BCUT2D eigenvalue weighted by atomic mass is 10.0. The molecular weight excluding hydrogens is 286 g/mol. The number of hydrogen-bond acceptors (Lipinski definition) is 3. The van der Waals surface area contributed by atoms with Gasteiger partial charge in [-0.2, -0.15) is 0 Å². The number of halogens is 1. The van der Waals surface area contributed by atoms with Gasteiger partial charge in [-0.15, -0.1) is 0 Å². The van der Waals surface area contributed by atoms with Crippen LogP contribution in [0.1, 0.15) is 38.6 Å². The fraction of sp³-hybridized carbons (Fsp3) is 0.562. The molecule has 0 bridgehead atoms. The highest BCUT2D eigenvalue weighted by Gasteiger charge is 2.33. The van der Waals surface area contributed by atoms with E-state index in [1.165, 1.54) is 0 Å². The Morgan fingerprint density at radius 2 is 2.24 bits per heavy atom. The van der Waals surface area contributed by atoms with E-state index in [2.05, 4.69) is 36.7 Å². The topological polar surface area (TPSA) is 39.1 Å². The van der Waals surface area contributed by atoms with Crippen LogP contribution in [-0.2, 0) is 4.74 Å². The van der Waals surface area contributed by atoms with Crippen LogP contribution in [-0.4, -0.2) is 35.4 Å². The molecule has 114 valence electrons. The highest BCUT2D eigenvalue weighted by Crippen LogP contribution is 2.32. The second-order valence-electron chi connectivity index (χ2n) is 5.87. The van der Waals surface area contributed by atoms with Crippen LogP contribution < -0.4 is 5.32 Å². The van der Waals surface area contributed by atoms with Crippen LogP contribution in [0.2, 0.25) is 5.02 Å². The average molecular weight is 308 g/mol. The first-order chi connectivity index (χ1) is 10.1. The molecule has 0 spiro atoms. The Kier molecular flexibility index (Phi) is 4.20. The zero-order valence-electron chi connectivity index (χ0n) is 12.8. The summed E-state index contributed by atoms with van der Waals surface area (Å²) in [4.78, 5) is 4.87. The van der Waals surface area contributed by atoms with E-state index >= 15 is 0 Å². The van der Waals surface area contributed by atoms with E-state index in [0.717, 1.165) is 41.6 Å². The van der Waals surface area contributed by atoms with E-state index in [9.17, 15) is 0 Å². The van der Waals surface area contributed by atoms with Gasteiger partial charge in [0.1, 0.15) is 5.82 Å². The standard InChI is InChI=1S/C16H22ClN3O/c1-4-18-14-9-21-8-12(14)16-19-13-7-11(17)5-6-15(13)20(16)10(2)3/h5-7,10,12,14,18H,4,8-9H2,1-3H3. The number of rotatable bonds is 4. The van der Waals surface area contributed by atoms with Gasteiger partial charge in [-0.25, -0.2) is 4.98 Å². The summed E-state index contributed by atoms with van der Waals surface area (Å²) in [5, 5.41) is 4.24. The van der Waals surface area contributed by atoms with Crippen molar-refractivity contribution < 1.29 is 4.74 Å². The summed E-state index contributed by atoms with van der Waals surface area (Å²) >= 11 is 6.11. The molecule has 21 heavy (non-hydrogen) atoms. The van der Waals surface area contributed by atoms with Crippen LogP contribution in [0.25, 0.3) is 11.0 Å². The van der Waals surface area contributed by atoms with Gasteiger partial charge in [-0.3, -0.25) is 0 Å². The summed E-state index contributed by atoms with van der Waals surface area (Å²) < 4.78 is 8.00. The molecule has 0 saturated carbocycles. The summed E-state index contributed by atoms with van der Waals surface area (Å²) in [6, 6.07) is 6.62. The fourth-order valence-electron chi connectivity index (χ4n) is 3.17. The van der Waals surface area contributed by atoms with Crippen molar-refractivity contribution in [3.05, 3.63) is 29.0 Å². The van der Waals surface area contributed by atoms with Crippen LogP contribution in [0.4, 0.5) is 0 Å². The van der Waals surface area contributed by atoms with E-state index in [1.54, 1.807) is 0 Å². The zero-order valence-corrected chi connectivity index (χ0v) is 13.5. The molecule has 1 aromatic heterocycles. The molecule has 2 aromatic rings. The Morgan fingerprint density at radius 3 is 2.95 bits per heavy atom. The number of nitrogens with zero attached hydrogens (tertiary/aromatic N) is 2. The van der Waals surface area contributed by atoms with Gasteiger partial charge < -0.3 is 14.6 Å². The molecule has 2 unspecified atom stereocenters. The number of benzene rings is 1. The predicted molar refractivity (Wildman–Crippen MR) is 86.2 cm³/mol. The maximum atomic E-state index is 6.11. The van der Waals surface area contributed by atoms with E-state index in [4.69, 9.17) is 21.3 Å². The minimum atomic E-state index is 0.290. The Labute approximate surface area is 130 Å². The molecule has 0 aliphatic carbocycles. The van der Waals surface area contributed by atoms with E-state index in [1.807, 2.05) is 12.1 Å². The molecule has 4 nitrogen and oxygen atoms in total. The number of aromatic nitrogens is 2. The summed E-state index contributed by atoms with van der Waals surface area (Å²) in [7, 11) is 0. The Hall–Kier alpha value is -1.10. The molecular formula is C16H22ClN3O. The lowest BCUT2D eigenvalue weighted by Crippen LogP contribution is -2.35. The monoisotopic (exact) mass is 307 g/mol. The lowest BCUT2D eigenvalue weighted by Gasteiger charge is -2.21. The molecule has 2 atom stereocenters. The van der Waals surface area contributed by atoms with Crippen LogP contribution >= 0.6 is 11.6 Å². The normalized spacial score (nSPS) is 22.5. The Balaban J connectivity index is 2.10. The average Bonchev–Trinajstić information content (AvgIpc) is 3.01. The quantitative estimate of drug-likeness (QED) is 0.941. The van der Waals surface area contributed by atoms with Crippen molar-refractivity contribution in [3.8, 4) is 0 Å². The van der Waals surface area contributed by atoms with Crippen molar-refractivity contribution in [1.29, 1.82) is 0 Å². The molecule has 1 fully saturated rings. The molecule has 0 radical (unpaired) electrons. The number of ether oxygens (including phenoxy) is 1. The van der Waals surface area contributed by atoms with Gasteiger partial charge in [0.2, 0.25) is 0 Å². The highest BCUT2D eigenvalue weighted by atomic mass is 35.5. The van der Waals surface area contributed by atoms with Gasteiger partial charge in [0.25, 0.3) is 0 Å². The van der Waals surface area contributed by atoms with Crippen molar-refractivity contribution in [3.63, 3.8) is 0 Å². The van der Waals surface area contributed by atoms with E-state index in [0.29, 0.717) is 18.0 Å². The number of nitrogens with one attached hydrogen (secondary N) is 1. The molecule has 1 N–H and O–H groups in total. The van der Waals surface area contributed by atoms with E-state index < -0.39 is 0 Å². The van der Waals surface area contributed by atoms with Gasteiger partial charge >= 0.3 is 0 Å². The van der Waals surface area contributed by atoms with Crippen molar-refractivity contribution in [1.82, 2.24) is 14.9 Å². The Morgan fingerprint density at radius 1 is 1.43 bits per heavy atom. The van der Waals surface area contributed by atoms with Gasteiger partial charge in [-0.05, 0) is 38.6 Å². The lowest BCUT2D eigenvalue weighted by molar-refractivity contribution is 0.187. The Bertz CT molecular complexity index is 638. The fourth-order valence-corrected chi connectivity index (χ4v) is 3.33. The molecule has 1 aromatic carbocycles. The third-order valence-corrected chi connectivity index (χ3v) is 4.31.